The molecule has 1 aromatic carbocycles. The summed E-state index contributed by atoms with van der Waals surface area (Å²) in [5.74, 6) is -0.999. The maximum absolute atomic E-state index is 10.7. The minimum absolute atomic E-state index is 0.271. The fourth-order valence-corrected chi connectivity index (χ4v) is 1.63. The molecule has 0 amide bonds. The Bertz CT molecular complexity index is 533. The van der Waals surface area contributed by atoms with E-state index in [1.807, 2.05) is 30.3 Å². The SMILES string of the molecule is N[C@@H](CC1=C=C=Cc2ccccc21)C(=O)O. The lowest BCUT2D eigenvalue weighted by molar-refractivity contribution is -0.138. The summed E-state index contributed by atoms with van der Waals surface area (Å²) < 4.78 is 0. The van der Waals surface area contributed by atoms with E-state index in [0.717, 1.165) is 16.7 Å². The maximum Gasteiger partial charge on any atom is 0.320 e. The van der Waals surface area contributed by atoms with Gasteiger partial charge in [-0.25, -0.2) is 0 Å². The highest BCUT2D eigenvalue weighted by atomic mass is 16.4. The number of rotatable bonds is 3. The van der Waals surface area contributed by atoms with E-state index in [9.17, 15) is 4.79 Å². The average molecular weight is 213 g/mol. The summed E-state index contributed by atoms with van der Waals surface area (Å²) >= 11 is 0. The van der Waals surface area contributed by atoms with Crippen LogP contribution in [0.2, 0.25) is 0 Å². The number of benzene rings is 1. The van der Waals surface area contributed by atoms with Gasteiger partial charge in [0.15, 0.2) is 0 Å². The van der Waals surface area contributed by atoms with E-state index in [0.29, 0.717) is 0 Å². The van der Waals surface area contributed by atoms with E-state index >= 15 is 0 Å². The van der Waals surface area contributed by atoms with Gasteiger partial charge >= 0.3 is 5.97 Å². The molecule has 2 rings (SSSR count). The number of hydrogen-bond donors (Lipinski definition) is 2. The Kier molecular flexibility index (Phi) is 2.76. The molecule has 1 atom stereocenters. The fraction of sp³-hybridized carbons (Fsp3) is 0.154. The molecule has 0 spiro atoms. The molecule has 0 heterocycles. The molecular weight excluding hydrogens is 202 g/mol. The van der Waals surface area contributed by atoms with Crippen LogP contribution in [-0.2, 0) is 4.79 Å². The van der Waals surface area contributed by atoms with Crippen LogP contribution in [0.1, 0.15) is 17.5 Å². The van der Waals surface area contributed by atoms with Gasteiger partial charge in [0, 0.05) is 12.0 Å². The number of nitrogens with two attached hydrogens (primary N) is 1. The van der Waals surface area contributed by atoms with Gasteiger partial charge in [0.05, 0.1) is 0 Å². The van der Waals surface area contributed by atoms with E-state index in [4.69, 9.17) is 10.8 Å². The lowest BCUT2D eigenvalue weighted by atomic mass is 9.93. The van der Waals surface area contributed by atoms with Crippen LogP contribution in [0.5, 0.6) is 0 Å². The molecule has 0 saturated heterocycles. The molecule has 16 heavy (non-hydrogen) atoms. The molecule has 3 heteroatoms. The van der Waals surface area contributed by atoms with Crippen LogP contribution in [0.25, 0.3) is 11.6 Å². The van der Waals surface area contributed by atoms with E-state index in [1.54, 1.807) is 0 Å². The highest BCUT2D eigenvalue weighted by molar-refractivity contribution is 5.81. The molecule has 0 aliphatic heterocycles. The molecule has 0 bridgehead atoms. The van der Waals surface area contributed by atoms with Crippen molar-refractivity contribution in [3.05, 3.63) is 46.9 Å². The van der Waals surface area contributed by atoms with Crippen molar-refractivity contribution in [1.29, 1.82) is 0 Å². The lowest BCUT2D eigenvalue weighted by Gasteiger charge is -2.12. The molecule has 3 nitrogen and oxygen atoms in total. The summed E-state index contributed by atoms with van der Waals surface area (Å²) in [6.07, 6.45) is 2.10. The minimum Gasteiger partial charge on any atom is -0.480 e. The summed E-state index contributed by atoms with van der Waals surface area (Å²) in [6, 6.07) is 6.83. The first-order valence-corrected chi connectivity index (χ1v) is 4.97. The molecule has 0 unspecified atom stereocenters. The topological polar surface area (TPSA) is 63.3 Å². The molecule has 1 aliphatic rings. The molecule has 80 valence electrons. The molecular formula is C13H11NO2. The highest BCUT2D eigenvalue weighted by Crippen LogP contribution is 2.25. The van der Waals surface area contributed by atoms with Gasteiger partial charge in [-0.1, -0.05) is 35.7 Å². The second-order valence-electron chi connectivity index (χ2n) is 3.63. The first-order valence-electron chi connectivity index (χ1n) is 4.97. The van der Waals surface area contributed by atoms with Crippen LogP contribution in [0.3, 0.4) is 0 Å². The Hall–Kier alpha value is -2.05. The zero-order valence-electron chi connectivity index (χ0n) is 8.60. The van der Waals surface area contributed by atoms with Crippen molar-refractivity contribution in [2.75, 3.05) is 0 Å². The van der Waals surface area contributed by atoms with Gasteiger partial charge in [0.1, 0.15) is 6.04 Å². The normalized spacial score (nSPS) is 14.2. The molecule has 3 N–H and O–H groups in total. The van der Waals surface area contributed by atoms with Crippen molar-refractivity contribution < 1.29 is 9.90 Å². The molecule has 1 aliphatic carbocycles. The van der Waals surface area contributed by atoms with E-state index in [-0.39, 0.29) is 6.42 Å². The smallest absolute Gasteiger partial charge is 0.320 e. The standard InChI is InChI=1S/C13H11NO2/c14-12(13(15)16)8-10-6-3-5-9-4-1-2-7-11(9)10/h1-2,4-5,7,12H,8,14H2,(H,15,16)/t12-/m0/s1. The highest BCUT2D eigenvalue weighted by Gasteiger charge is 2.16. The number of hydrogen-bond acceptors (Lipinski definition) is 2. The zero-order chi connectivity index (χ0) is 11.5. The second kappa shape index (κ2) is 4.21. The Balaban J connectivity index is 2.33. The van der Waals surface area contributed by atoms with Crippen LogP contribution < -0.4 is 5.73 Å². The first-order chi connectivity index (χ1) is 7.68. The van der Waals surface area contributed by atoms with Crippen molar-refractivity contribution in [1.82, 2.24) is 0 Å². The van der Waals surface area contributed by atoms with Gasteiger partial charge in [0.25, 0.3) is 0 Å². The van der Waals surface area contributed by atoms with Crippen molar-refractivity contribution in [3.63, 3.8) is 0 Å². The molecule has 0 radical (unpaired) electrons. The van der Waals surface area contributed by atoms with Crippen LogP contribution in [0.15, 0.2) is 35.7 Å². The largest absolute Gasteiger partial charge is 0.480 e. The monoisotopic (exact) mass is 213 g/mol. The van der Waals surface area contributed by atoms with Crippen LogP contribution in [0, 0.1) is 0 Å². The number of carbonyl (C=O) groups is 1. The first kappa shape index (κ1) is 10.5. The Morgan fingerprint density at radius 3 is 2.94 bits per heavy atom. The summed E-state index contributed by atoms with van der Waals surface area (Å²) in [7, 11) is 0. The lowest BCUT2D eigenvalue weighted by Crippen LogP contribution is -2.30. The van der Waals surface area contributed by atoms with Gasteiger partial charge in [-0.05, 0) is 17.2 Å². The van der Waals surface area contributed by atoms with Crippen molar-refractivity contribution in [3.8, 4) is 0 Å². The molecule has 0 aromatic heterocycles. The van der Waals surface area contributed by atoms with Crippen LogP contribution in [0.4, 0.5) is 0 Å². The van der Waals surface area contributed by atoms with E-state index < -0.39 is 12.0 Å². The van der Waals surface area contributed by atoms with E-state index in [1.165, 1.54) is 0 Å². The van der Waals surface area contributed by atoms with Crippen LogP contribution >= 0.6 is 0 Å². The maximum atomic E-state index is 10.7. The minimum atomic E-state index is -0.999. The average Bonchev–Trinajstić information content (AvgIpc) is 2.29. The summed E-state index contributed by atoms with van der Waals surface area (Å²) in [5, 5.41) is 8.77. The Labute approximate surface area is 93.2 Å². The van der Waals surface area contributed by atoms with Gasteiger partial charge in [0.2, 0.25) is 0 Å². The third-order valence-corrected chi connectivity index (χ3v) is 2.48. The number of carboxylic acid groups (broad SMARTS) is 1. The Morgan fingerprint density at radius 1 is 1.44 bits per heavy atom. The number of aliphatic carboxylic acids is 1. The van der Waals surface area contributed by atoms with Gasteiger partial charge < -0.3 is 10.8 Å². The third-order valence-electron chi connectivity index (χ3n) is 2.48. The third kappa shape index (κ3) is 1.97. The molecule has 0 saturated carbocycles. The Morgan fingerprint density at radius 2 is 2.19 bits per heavy atom. The van der Waals surface area contributed by atoms with Gasteiger partial charge in [-0.3, -0.25) is 4.79 Å². The summed E-state index contributed by atoms with van der Waals surface area (Å²) in [6.45, 7) is 0. The second-order valence-corrected chi connectivity index (χ2v) is 3.63. The number of carboxylic acids is 1. The van der Waals surface area contributed by atoms with Crippen LogP contribution in [-0.4, -0.2) is 17.1 Å². The fourth-order valence-electron chi connectivity index (χ4n) is 1.63. The molecule has 0 fully saturated rings. The van der Waals surface area contributed by atoms with Crippen molar-refractivity contribution in [2.45, 2.75) is 12.5 Å². The van der Waals surface area contributed by atoms with Crippen molar-refractivity contribution >= 4 is 17.6 Å². The van der Waals surface area contributed by atoms with Gasteiger partial charge in [-0.2, -0.15) is 0 Å². The number of fused-ring (bicyclic) bond motifs is 1. The zero-order valence-corrected chi connectivity index (χ0v) is 8.60. The summed E-state index contributed by atoms with van der Waals surface area (Å²) in [4.78, 5) is 10.7. The quantitative estimate of drug-likeness (QED) is 0.750. The predicted molar refractivity (Wildman–Crippen MR) is 61.6 cm³/mol. The van der Waals surface area contributed by atoms with Crippen molar-refractivity contribution in [2.24, 2.45) is 5.73 Å². The molecule has 1 aromatic rings. The van der Waals surface area contributed by atoms with Gasteiger partial charge in [-0.15, -0.1) is 0 Å². The summed E-state index contributed by atoms with van der Waals surface area (Å²) in [5.41, 5.74) is 14.1. The van der Waals surface area contributed by atoms with E-state index in [2.05, 4.69) is 11.5 Å². The predicted octanol–water partition coefficient (Wildman–Crippen LogP) is 1.65.